The highest BCUT2D eigenvalue weighted by molar-refractivity contribution is 6.39. The molecule has 0 radical (unpaired) electrons. The molecule has 13 heteroatoms. The molecule has 3 aromatic carbocycles. The highest BCUT2D eigenvalue weighted by Gasteiger charge is 2.37. The predicted molar refractivity (Wildman–Crippen MR) is 150 cm³/mol. The number of imide groups is 2. The minimum atomic E-state index is -1.01. The molecule has 12 nitrogen and oxygen atoms in total. The Morgan fingerprint density at radius 1 is 1.07 bits per heavy atom. The number of barbiturate groups is 1. The Morgan fingerprint density at radius 3 is 2.39 bits per heavy atom. The minimum absolute atomic E-state index is 0.0252. The molecule has 1 fully saturated rings. The van der Waals surface area contributed by atoms with Crippen LogP contribution >= 0.6 is 11.6 Å². The fourth-order valence-corrected chi connectivity index (χ4v) is 4.10. The second kappa shape index (κ2) is 12.3. The van der Waals surface area contributed by atoms with Crippen LogP contribution in [0, 0.1) is 17.0 Å². The van der Waals surface area contributed by atoms with E-state index < -0.39 is 34.2 Å². The van der Waals surface area contributed by atoms with E-state index in [9.17, 15) is 29.3 Å². The molecule has 5 amide bonds. The quantitative estimate of drug-likeness (QED) is 0.161. The summed E-state index contributed by atoms with van der Waals surface area (Å²) in [6.07, 6.45) is 1.21. The number of nitrogens with zero attached hydrogens (tertiary/aromatic N) is 2. The zero-order chi connectivity index (χ0) is 29.7. The van der Waals surface area contributed by atoms with Crippen molar-refractivity contribution in [3.8, 4) is 11.5 Å². The van der Waals surface area contributed by atoms with Crippen molar-refractivity contribution in [2.24, 2.45) is 0 Å². The maximum Gasteiger partial charge on any atom is 0.335 e. The number of amides is 5. The number of hydrogen-bond donors (Lipinski definition) is 2. The van der Waals surface area contributed by atoms with Gasteiger partial charge in [0.1, 0.15) is 5.57 Å². The van der Waals surface area contributed by atoms with E-state index in [1.165, 1.54) is 30.3 Å². The summed E-state index contributed by atoms with van der Waals surface area (Å²) < 4.78 is 11.3. The van der Waals surface area contributed by atoms with Gasteiger partial charge in [-0.3, -0.25) is 29.8 Å². The monoisotopic (exact) mass is 578 g/mol. The maximum absolute atomic E-state index is 13.2. The first-order valence-corrected chi connectivity index (χ1v) is 12.6. The largest absolute Gasteiger partial charge is 0.490 e. The number of anilines is 2. The van der Waals surface area contributed by atoms with Crippen LogP contribution in [0.25, 0.3) is 6.08 Å². The Kier molecular flexibility index (Phi) is 8.63. The second-order valence-electron chi connectivity index (χ2n) is 8.70. The van der Waals surface area contributed by atoms with Gasteiger partial charge >= 0.3 is 6.03 Å². The van der Waals surface area contributed by atoms with Crippen molar-refractivity contribution >= 4 is 58.5 Å². The summed E-state index contributed by atoms with van der Waals surface area (Å²) in [6.45, 7) is 3.49. The fraction of sp³-hybridized carbons (Fsp3) is 0.143. The molecule has 210 valence electrons. The number of halogens is 1. The van der Waals surface area contributed by atoms with Crippen LogP contribution in [-0.2, 0) is 14.4 Å². The van der Waals surface area contributed by atoms with Crippen LogP contribution in [0.15, 0.2) is 66.2 Å². The van der Waals surface area contributed by atoms with E-state index in [-0.39, 0.29) is 46.7 Å². The number of carbonyl (C=O) groups is 4. The highest BCUT2D eigenvalue weighted by Crippen LogP contribution is 2.37. The molecule has 2 N–H and O–H groups in total. The van der Waals surface area contributed by atoms with Gasteiger partial charge in [0.15, 0.2) is 18.1 Å². The molecule has 0 saturated carbocycles. The third-order valence-electron chi connectivity index (χ3n) is 5.75. The number of nitro groups is 1. The van der Waals surface area contributed by atoms with Crippen LogP contribution in [0.4, 0.5) is 21.9 Å². The number of rotatable bonds is 9. The van der Waals surface area contributed by atoms with Crippen LogP contribution in [-0.4, -0.2) is 41.9 Å². The molecule has 0 unspecified atom stereocenters. The molecule has 0 spiro atoms. The third-order valence-corrected chi connectivity index (χ3v) is 6.03. The third kappa shape index (κ3) is 6.68. The number of nitro benzene ring substituents is 1. The van der Waals surface area contributed by atoms with E-state index in [0.29, 0.717) is 10.6 Å². The van der Waals surface area contributed by atoms with Crippen LogP contribution in [0.3, 0.4) is 0 Å². The molecule has 1 saturated heterocycles. The van der Waals surface area contributed by atoms with Crippen molar-refractivity contribution in [2.75, 3.05) is 23.4 Å². The number of hydrogen-bond acceptors (Lipinski definition) is 8. The molecule has 4 rings (SSSR count). The van der Waals surface area contributed by atoms with Gasteiger partial charge in [-0.15, -0.1) is 0 Å². The summed E-state index contributed by atoms with van der Waals surface area (Å²) in [5.74, 6) is -2.09. The van der Waals surface area contributed by atoms with Crippen LogP contribution in [0.1, 0.15) is 18.1 Å². The lowest BCUT2D eigenvalue weighted by Crippen LogP contribution is -2.54. The molecule has 0 aliphatic carbocycles. The van der Waals surface area contributed by atoms with Gasteiger partial charge in [-0.25, -0.2) is 9.69 Å². The number of aryl methyl sites for hydroxylation is 1. The normalized spacial score (nSPS) is 14.1. The first kappa shape index (κ1) is 28.8. The molecule has 1 aliphatic heterocycles. The minimum Gasteiger partial charge on any atom is -0.490 e. The lowest BCUT2D eigenvalue weighted by Gasteiger charge is -2.26. The fourth-order valence-electron chi connectivity index (χ4n) is 3.83. The molecular weight excluding hydrogens is 556 g/mol. The van der Waals surface area contributed by atoms with Crippen molar-refractivity contribution in [1.82, 2.24) is 5.32 Å². The van der Waals surface area contributed by atoms with Crippen molar-refractivity contribution < 1.29 is 33.6 Å². The van der Waals surface area contributed by atoms with Crippen molar-refractivity contribution in [2.45, 2.75) is 13.8 Å². The Labute approximate surface area is 238 Å². The molecule has 0 bridgehead atoms. The van der Waals surface area contributed by atoms with Crippen LogP contribution in [0.5, 0.6) is 11.5 Å². The first-order chi connectivity index (χ1) is 19.6. The number of urea groups is 1. The Morgan fingerprint density at radius 2 is 1.76 bits per heavy atom. The van der Waals surface area contributed by atoms with Gasteiger partial charge in [0.25, 0.3) is 23.4 Å². The lowest BCUT2D eigenvalue weighted by molar-refractivity contribution is -0.384. The topological polar surface area (TPSA) is 157 Å². The van der Waals surface area contributed by atoms with Gasteiger partial charge in [0.2, 0.25) is 0 Å². The highest BCUT2D eigenvalue weighted by atomic mass is 35.5. The summed E-state index contributed by atoms with van der Waals surface area (Å²) in [5.41, 5.74) is 1.30. The number of benzene rings is 3. The van der Waals surface area contributed by atoms with E-state index in [2.05, 4.69) is 10.6 Å². The molecule has 0 aromatic heterocycles. The molecule has 1 heterocycles. The maximum atomic E-state index is 13.2. The molecule has 3 aromatic rings. The smallest absolute Gasteiger partial charge is 0.335 e. The number of nitrogens with one attached hydrogen (secondary N) is 2. The van der Waals surface area contributed by atoms with E-state index in [1.807, 2.05) is 19.1 Å². The van der Waals surface area contributed by atoms with Gasteiger partial charge in [-0.2, -0.15) is 0 Å². The molecule has 41 heavy (non-hydrogen) atoms. The van der Waals surface area contributed by atoms with Crippen molar-refractivity contribution in [3.05, 3.63) is 92.5 Å². The Balaban J connectivity index is 1.57. The van der Waals surface area contributed by atoms with Crippen LogP contribution in [0.2, 0.25) is 5.02 Å². The molecule has 1 aliphatic rings. The van der Waals surface area contributed by atoms with Gasteiger partial charge in [0.05, 0.1) is 22.2 Å². The SMILES string of the molecule is CCOc1cc(/C=C2\C(=O)NC(=O)N(c3ccc([N+](=O)[O-])cc3)C2=O)cc(Cl)c1OCC(=O)Nc1ccc(C)cc1. The second-order valence-corrected chi connectivity index (χ2v) is 9.10. The zero-order valence-corrected chi connectivity index (χ0v) is 22.6. The number of carbonyl (C=O) groups excluding carboxylic acids is 4. The Bertz CT molecular complexity index is 1570. The van der Waals surface area contributed by atoms with Gasteiger partial charge in [-0.05, 0) is 61.9 Å². The summed E-state index contributed by atoms with van der Waals surface area (Å²) in [6, 6.07) is 13.8. The zero-order valence-electron chi connectivity index (χ0n) is 21.8. The average Bonchev–Trinajstić information content (AvgIpc) is 2.92. The van der Waals surface area contributed by atoms with Crippen LogP contribution < -0.4 is 25.0 Å². The van der Waals surface area contributed by atoms with Crippen molar-refractivity contribution in [1.29, 1.82) is 0 Å². The summed E-state index contributed by atoms with van der Waals surface area (Å²) in [5, 5.41) is 15.8. The number of ether oxygens (including phenoxy) is 2. The van der Waals surface area contributed by atoms with E-state index in [0.717, 1.165) is 17.7 Å². The lowest BCUT2D eigenvalue weighted by atomic mass is 10.1. The summed E-state index contributed by atoms with van der Waals surface area (Å²) in [7, 11) is 0. The Hall–Kier alpha value is -5.23. The van der Waals surface area contributed by atoms with Gasteiger partial charge in [-0.1, -0.05) is 29.3 Å². The first-order valence-electron chi connectivity index (χ1n) is 12.2. The summed E-state index contributed by atoms with van der Waals surface area (Å²) >= 11 is 6.44. The summed E-state index contributed by atoms with van der Waals surface area (Å²) in [4.78, 5) is 61.6. The van der Waals surface area contributed by atoms with Gasteiger partial charge < -0.3 is 14.8 Å². The van der Waals surface area contributed by atoms with E-state index in [4.69, 9.17) is 21.1 Å². The van der Waals surface area contributed by atoms with E-state index in [1.54, 1.807) is 19.1 Å². The molecular formula is C28H23ClN4O8. The van der Waals surface area contributed by atoms with Crippen molar-refractivity contribution in [3.63, 3.8) is 0 Å². The number of non-ortho nitro benzene ring substituents is 1. The van der Waals surface area contributed by atoms with E-state index >= 15 is 0 Å². The average molecular weight is 579 g/mol. The molecule has 0 atom stereocenters. The van der Waals surface area contributed by atoms with Gasteiger partial charge in [0, 0.05) is 17.8 Å². The predicted octanol–water partition coefficient (Wildman–Crippen LogP) is 4.64. The standard InChI is InChI=1S/C28H23ClN4O8/c1-3-40-23-14-17(13-22(29)25(23)41-15-24(34)30-18-6-4-16(2)5-7-18)12-21-26(35)31-28(37)32(27(21)36)19-8-10-20(11-9-19)33(38)39/h4-14H,3,15H2,1-2H3,(H,30,34)(H,31,35,37)/b21-12+.